The summed E-state index contributed by atoms with van der Waals surface area (Å²) in [7, 11) is 0. The molecule has 0 heterocycles. The highest BCUT2D eigenvalue weighted by atomic mass is 16.4. The van der Waals surface area contributed by atoms with Crippen LogP contribution in [0.3, 0.4) is 0 Å². The molecule has 0 bridgehead atoms. The van der Waals surface area contributed by atoms with Gasteiger partial charge in [0.25, 0.3) is 0 Å². The van der Waals surface area contributed by atoms with Crippen molar-refractivity contribution in [3.05, 3.63) is 28.7 Å². The molecule has 0 amide bonds. The van der Waals surface area contributed by atoms with Gasteiger partial charge in [-0.05, 0) is 23.4 Å². The van der Waals surface area contributed by atoms with Crippen molar-refractivity contribution in [1.29, 1.82) is 0 Å². The van der Waals surface area contributed by atoms with Crippen molar-refractivity contribution in [3.63, 3.8) is 0 Å². The second-order valence-corrected chi connectivity index (χ2v) is 2.10. The number of carboxylic acids is 1. The maximum atomic E-state index is 10.4. The fraction of sp³-hybridized carbons (Fsp3) is 0. The maximum Gasteiger partial charge on any atom is 0.335 e. The van der Waals surface area contributed by atoms with Crippen molar-refractivity contribution in [2.75, 3.05) is 0 Å². The molecule has 0 fully saturated rings. The van der Waals surface area contributed by atoms with Gasteiger partial charge < -0.3 is 10.2 Å². The Balaban J connectivity index is 3.22. The molecule has 0 aliphatic heterocycles. The smallest absolute Gasteiger partial charge is 0.335 e. The monoisotopic (exact) mass is 167 g/mol. The number of aromatic carboxylic acids is 1. The Morgan fingerprint density at radius 3 is 2.58 bits per heavy atom. The second kappa shape index (κ2) is 3.00. The van der Waals surface area contributed by atoms with Crippen molar-refractivity contribution >= 4 is 11.7 Å². The lowest BCUT2D eigenvalue weighted by Crippen LogP contribution is -1.94. The van der Waals surface area contributed by atoms with Crippen LogP contribution >= 0.6 is 0 Å². The number of hydrogen-bond acceptors (Lipinski definition) is 4. The molecule has 1 rings (SSSR count). The van der Waals surface area contributed by atoms with E-state index in [1.165, 1.54) is 6.07 Å². The van der Waals surface area contributed by atoms with Gasteiger partial charge in [0.05, 0.1) is 5.56 Å². The summed E-state index contributed by atoms with van der Waals surface area (Å²) in [5, 5.41) is 19.9. The molecule has 0 radical (unpaired) electrons. The Morgan fingerprint density at radius 1 is 1.42 bits per heavy atom. The van der Waals surface area contributed by atoms with E-state index in [9.17, 15) is 9.70 Å². The van der Waals surface area contributed by atoms with E-state index in [2.05, 4.69) is 5.18 Å². The van der Waals surface area contributed by atoms with E-state index in [0.29, 0.717) is 0 Å². The third-order valence-corrected chi connectivity index (χ3v) is 1.32. The van der Waals surface area contributed by atoms with Crippen LogP contribution in [0.15, 0.2) is 23.4 Å². The summed E-state index contributed by atoms with van der Waals surface area (Å²) >= 11 is 0. The van der Waals surface area contributed by atoms with E-state index in [4.69, 9.17) is 10.2 Å². The lowest BCUT2D eigenvalue weighted by Gasteiger charge is -1.96. The minimum atomic E-state index is -1.17. The van der Waals surface area contributed by atoms with Gasteiger partial charge in [0.2, 0.25) is 0 Å². The predicted octanol–water partition coefficient (Wildman–Crippen LogP) is 1.49. The van der Waals surface area contributed by atoms with Crippen LogP contribution < -0.4 is 0 Å². The maximum absolute atomic E-state index is 10.4. The van der Waals surface area contributed by atoms with Crippen molar-refractivity contribution in [3.8, 4) is 5.75 Å². The fourth-order valence-corrected chi connectivity index (χ4v) is 0.730. The Bertz CT molecular complexity index is 334. The Hall–Kier alpha value is -1.91. The van der Waals surface area contributed by atoms with Gasteiger partial charge in [-0.25, -0.2) is 4.79 Å². The molecule has 62 valence electrons. The Morgan fingerprint density at radius 2 is 2.08 bits per heavy atom. The van der Waals surface area contributed by atoms with Gasteiger partial charge in [-0.2, -0.15) is 0 Å². The van der Waals surface area contributed by atoms with E-state index in [1.54, 1.807) is 0 Å². The van der Waals surface area contributed by atoms with Crippen LogP contribution in [0.2, 0.25) is 0 Å². The molecule has 0 atom stereocenters. The van der Waals surface area contributed by atoms with Crippen LogP contribution in [0.5, 0.6) is 5.75 Å². The number of phenolic OH excluding ortho intramolecular Hbond substituents is 1. The third-order valence-electron chi connectivity index (χ3n) is 1.32. The normalized spacial score (nSPS) is 9.33. The first-order valence-corrected chi connectivity index (χ1v) is 3.05. The first kappa shape index (κ1) is 8.19. The summed E-state index contributed by atoms with van der Waals surface area (Å²) in [6, 6.07) is 3.30. The largest absolute Gasteiger partial charge is 0.506 e. The van der Waals surface area contributed by atoms with Gasteiger partial charge in [-0.15, -0.1) is 4.91 Å². The predicted molar refractivity (Wildman–Crippen MR) is 40.5 cm³/mol. The minimum Gasteiger partial charge on any atom is -0.506 e. The molecule has 0 saturated heterocycles. The fourth-order valence-electron chi connectivity index (χ4n) is 0.730. The van der Waals surface area contributed by atoms with Gasteiger partial charge in [0, 0.05) is 0 Å². The molecule has 0 saturated carbocycles. The number of rotatable bonds is 2. The van der Waals surface area contributed by atoms with Crippen LogP contribution in [0.4, 0.5) is 5.69 Å². The number of nitrogens with zero attached hydrogens (tertiary/aromatic N) is 1. The van der Waals surface area contributed by atoms with Crippen molar-refractivity contribution in [2.24, 2.45) is 5.18 Å². The molecular formula is C7H5NO4. The lowest BCUT2D eigenvalue weighted by molar-refractivity contribution is 0.0697. The third kappa shape index (κ3) is 1.39. The van der Waals surface area contributed by atoms with Crippen LogP contribution in [0, 0.1) is 4.91 Å². The Kier molecular flexibility index (Phi) is 2.05. The molecule has 0 aliphatic rings. The summed E-state index contributed by atoms with van der Waals surface area (Å²) in [6.45, 7) is 0. The zero-order chi connectivity index (χ0) is 9.14. The summed E-state index contributed by atoms with van der Waals surface area (Å²) < 4.78 is 0. The second-order valence-electron chi connectivity index (χ2n) is 2.10. The van der Waals surface area contributed by atoms with Gasteiger partial charge in [-0.3, -0.25) is 0 Å². The van der Waals surface area contributed by atoms with Gasteiger partial charge in [-0.1, -0.05) is 0 Å². The first-order valence-electron chi connectivity index (χ1n) is 3.05. The molecule has 0 aromatic heterocycles. The van der Waals surface area contributed by atoms with Crippen LogP contribution in [-0.4, -0.2) is 16.2 Å². The molecule has 0 spiro atoms. The van der Waals surface area contributed by atoms with E-state index in [1.807, 2.05) is 0 Å². The molecular weight excluding hydrogens is 162 g/mol. The molecule has 2 N–H and O–H groups in total. The van der Waals surface area contributed by atoms with E-state index < -0.39 is 5.97 Å². The van der Waals surface area contributed by atoms with Crippen LogP contribution in [-0.2, 0) is 0 Å². The lowest BCUT2D eigenvalue weighted by atomic mass is 10.2. The summed E-state index contributed by atoms with van der Waals surface area (Å²) in [5.74, 6) is -1.49. The molecule has 1 aromatic rings. The highest BCUT2D eigenvalue weighted by molar-refractivity contribution is 5.89. The van der Waals surface area contributed by atoms with E-state index >= 15 is 0 Å². The zero-order valence-corrected chi connectivity index (χ0v) is 5.89. The van der Waals surface area contributed by atoms with E-state index in [-0.39, 0.29) is 17.0 Å². The molecule has 12 heavy (non-hydrogen) atoms. The number of carbonyl (C=O) groups is 1. The standard InChI is InChI=1S/C7H5NO4/c9-6-2-1-4(7(10)11)3-5(6)8-12/h1-3,9H,(H,10,11). The van der Waals surface area contributed by atoms with Crippen LogP contribution in [0.1, 0.15) is 10.4 Å². The number of phenols is 1. The molecule has 5 heteroatoms. The molecule has 0 unspecified atom stereocenters. The summed E-state index contributed by atoms with van der Waals surface area (Å²) in [5.41, 5.74) is -0.350. The summed E-state index contributed by atoms with van der Waals surface area (Å²) in [6.07, 6.45) is 0. The highest BCUT2D eigenvalue weighted by Gasteiger charge is 2.07. The average Bonchev–Trinajstić information content (AvgIpc) is 2.05. The van der Waals surface area contributed by atoms with Crippen LogP contribution in [0.25, 0.3) is 0 Å². The summed E-state index contributed by atoms with van der Waals surface area (Å²) in [4.78, 5) is 20.4. The Labute approximate surface area is 67.2 Å². The van der Waals surface area contributed by atoms with Crippen molar-refractivity contribution in [1.82, 2.24) is 0 Å². The first-order chi connectivity index (χ1) is 5.65. The quantitative estimate of drug-likeness (QED) is 0.653. The minimum absolute atomic E-state index is 0.0811. The van der Waals surface area contributed by atoms with Gasteiger partial charge >= 0.3 is 5.97 Å². The molecule has 5 nitrogen and oxygen atoms in total. The molecule has 0 aliphatic carbocycles. The number of nitroso groups, excluding NO2 is 1. The number of hydrogen-bond donors (Lipinski definition) is 2. The van der Waals surface area contributed by atoms with E-state index in [0.717, 1.165) is 12.1 Å². The number of carboxylic acid groups (broad SMARTS) is 1. The van der Waals surface area contributed by atoms with Crippen molar-refractivity contribution in [2.45, 2.75) is 0 Å². The molecule has 1 aromatic carbocycles. The van der Waals surface area contributed by atoms with Crippen molar-refractivity contribution < 1.29 is 15.0 Å². The number of benzene rings is 1. The average molecular weight is 167 g/mol. The SMILES string of the molecule is O=Nc1cc(C(=O)O)ccc1O. The number of aromatic hydroxyl groups is 1. The zero-order valence-electron chi connectivity index (χ0n) is 5.89. The van der Waals surface area contributed by atoms with Gasteiger partial charge in [0.1, 0.15) is 11.4 Å². The topological polar surface area (TPSA) is 87.0 Å². The highest BCUT2D eigenvalue weighted by Crippen LogP contribution is 2.26. The van der Waals surface area contributed by atoms with Gasteiger partial charge in [0.15, 0.2) is 0 Å².